The summed E-state index contributed by atoms with van der Waals surface area (Å²) in [6, 6.07) is 1.49. The molecule has 8 nitrogen and oxygen atoms in total. The van der Waals surface area contributed by atoms with Crippen LogP contribution in [0.4, 0.5) is 0 Å². The van der Waals surface area contributed by atoms with E-state index in [9.17, 15) is 13.2 Å². The molecule has 1 saturated heterocycles. The van der Waals surface area contributed by atoms with Gasteiger partial charge in [0.05, 0.1) is 29.4 Å². The molecule has 2 aromatic heterocycles. The molecule has 132 valence electrons. The maximum absolute atomic E-state index is 11.8. The van der Waals surface area contributed by atoms with Gasteiger partial charge in [0.25, 0.3) is 0 Å². The molecule has 2 aromatic rings. The Morgan fingerprint density at radius 3 is 2.72 bits per heavy atom. The Morgan fingerprint density at radius 2 is 2.00 bits per heavy atom. The van der Waals surface area contributed by atoms with Crippen molar-refractivity contribution in [2.75, 3.05) is 19.3 Å². The number of carbonyl (C=O) groups is 1. The van der Waals surface area contributed by atoms with E-state index in [0.717, 1.165) is 12.8 Å². The molecule has 1 atom stereocenters. The largest absolute Gasteiger partial charge is 0.478 e. The number of sulfonamides is 1. The van der Waals surface area contributed by atoms with Gasteiger partial charge in [-0.1, -0.05) is 0 Å². The fraction of sp³-hybridized carbons (Fsp3) is 0.375. The number of hydrogen-bond acceptors (Lipinski definition) is 6. The van der Waals surface area contributed by atoms with E-state index in [0.29, 0.717) is 30.0 Å². The summed E-state index contributed by atoms with van der Waals surface area (Å²) in [7, 11) is -3.23. The van der Waals surface area contributed by atoms with E-state index >= 15 is 0 Å². The first-order valence-electron chi connectivity index (χ1n) is 7.80. The second kappa shape index (κ2) is 6.85. The van der Waals surface area contributed by atoms with Gasteiger partial charge in [0.1, 0.15) is 0 Å². The van der Waals surface area contributed by atoms with Gasteiger partial charge >= 0.3 is 5.97 Å². The fourth-order valence-corrected chi connectivity index (χ4v) is 3.81. The Morgan fingerprint density at radius 1 is 1.24 bits per heavy atom. The molecule has 0 spiro atoms. The molecule has 0 aromatic carbocycles. The van der Waals surface area contributed by atoms with Crippen LogP contribution in [0.3, 0.4) is 0 Å². The van der Waals surface area contributed by atoms with Crippen molar-refractivity contribution in [3.63, 3.8) is 0 Å². The van der Waals surface area contributed by atoms with E-state index in [1.54, 1.807) is 12.4 Å². The SMILES string of the molecule is CS(=O)(=O)N1CCC[C@@H](c2cncc(-c3cncc(C(=O)O)c3)n2)C1. The smallest absolute Gasteiger partial charge is 0.337 e. The highest BCUT2D eigenvalue weighted by Crippen LogP contribution is 2.28. The molecule has 0 unspecified atom stereocenters. The van der Waals surface area contributed by atoms with E-state index in [1.807, 2.05) is 0 Å². The van der Waals surface area contributed by atoms with Gasteiger partial charge < -0.3 is 5.11 Å². The lowest BCUT2D eigenvalue weighted by atomic mass is 9.96. The maximum atomic E-state index is 11.8. The minimum Gasteiger partial charge on any atom is -0.478 e. The first-order valence-corrected chi connectivity index (χ1v) is 9.65. The van der Waals surface area contributed by atoms with Crippen LogP contribution < -0.4 is 0 Å². The quantitative estimate of drug-likeness (QED) is 0.874. The number of rotatable bonds is 4. The standard InChI is InChI=1S/C16H18N4O4S/c1-25(23,24)20-4-2-3-11(10-20)14-8-18-9-15(19-14)12-5-13(16(21)22)7-17-6-12/h5-9,11H,2-4,10H2,1H3,(H,21,22)/t11-/m1/s1. The van der Waals surface area contributed by atoms with Crippen molar-refractivity contribution in [1.29, 1.82) is 0 Å². The summed E-state index contributed by atoms with van der Waals surface area (Å²) >= 11 is 0. The van der Waals surface area contributed by atoms with Crippen LogP contribution in [0.1, 0.15) is 34.8 Å². The average Bonchev–Trinajstić information content (AvgIpc) is 2.61. The summed E-state index contributed by atoms with van der Waals surface area (Å²) in [4.78, 5) is 23.8. The van der Waals surface area contributed by atoms with Crippen molar-refractivity contribution in [2.45, 2.75) is 18.8 Å². The number of pyridine rings is 1. The lowest BCUT2D eigenvalue weighted by Crippen LogP contribution is -2.38. The zero-order chi connectivity index (χ0) is 18.0. The lowest BCUT2D eigenvalue weighted by molar-refractivity contribution is 0.0696. The Kier molecular flexibility index (Phi) is 4.78. The van der Waals surface area contributed by atoms with Gasteiger partial charge in [0.15, 0.2) is 0 Å². The summed E-state index contributed by atoms with van der Waals surface area (Å²) in [5.41, 5.74) is 1.85. The zero-order valence-corrected chi connectivity index (χ0v) is 14.5. The van der Waals surface area contributed by atoms with Crippen molar-refractivity contribution in [2.24, 2.45) is 0 Å². The molecule has 1 aliphatic heterocycles. The molecule has 0 saturated carbocycles. The normalized spacial score (nSPS) is 18.8. The van der Waals surface area contributed by atoms with Gasteiger partial charge in [-0.25, -0.2) is 22.5 Å². The molecule has 0 radical (unpaired) electrons. The molecule has 0 bridgehead atoms. The number of piperidine rings is 1. The van der Waals surface area contributed by atoms with Gasteiger partial charge in [-0.15, -0.1) is 0 Å². The number of hydrogen-bond donors (Lipinski definition) is 1. The highest BCUT2D eigenvalue weighted by atomic mass is 32.2. The maximum Gasteiger partial charge on any atom is 0.337 e. The third kappa shape index (κ3) is 3.99. The van der Waals surface area contributed by atoms with E-state index in [1.165, 1.54) is 29.0 Å². The van der Waals surface area contributed by atoms with Crippen LogP contribution in [-0.4, -0.2) is 58.1 Å². The first-order chi connectivity index (χ1) is 11.8. The number of nitrogens with zero attached hydrogens (tertiary/aromatic N) is 4. The molecule has 25 heavy (non-hydrogen) atoms. The van der Waals surface area contributed by atoms with Gasteiger partial charge in [-0.2, -0.15) is 0 Å². The Labute approximate surface area is 145 Å². The van der Waals surface area contributed by atoms with Crippen LogP contribution in [0.5, 0.6) is 0 Å². The van der Waals surface area contributed by atoms with Crippen LogP contribution in [0.25, 0.3) is 11.3 Å². The molecular formula is C16H18N4O4S. The summed E-state index contributed by atoms with van der Waals surface area (Å²) in [5, 5.41) is 9.08. The Bertz CT molecular complexity index is 901. The number of aromatic carboxylic acids is 1. The van der Waals surface area contributed by atoms with Crippen molar-refractivity contribution in [3.8, 4) is 11.3 Å². The van der Waals surface area contributed by atoms with Crippen LogP contribution in [0, 0.1) is 0 Å². The zero-order valence-electron chi connectivity index (χ0n) is 13.7. The van der Waals surface area contributed by atoms with Gasteiger partial charge in [-0.3, -0.25) is 9.97 Å². The molecule has 0 aliphatic carbocycles. The van der Waals surface area contributed by atoms with E-state index in [2.05, 4.69) is 15.0 Å². The van der Waals surface area contributed by atoms with E-state index in [4.69, 9.17) is 5.11 Å². The summed E-state index contributed by atoms with van der Waals surface area (Å²) < 4.78 is 25.0. The third-order valence-electron chi connectivity index (χ3n) is 4.21. The second-order valence-corrected chi connectivity index (χ2v) is 8.04. The van der Waals surface area contributed by atoms with Crippen molar-refractivity contribution in [3.05, 3.63) is 42.1 Å². The molecule has 3 rings (SSSR count). The fourth-order valence-electron chi connectivity index (χ4n) is 2.90. The van der Waals surface area contributed by atoms with Crippen LogP contribution >= 0.6 is 0 Å². The predicted molar refractivity (Wildman–Crippen MR) is 90.6 cm³/mol. The second-order valence-electron chi connectivity index (χ2n) is 6.06. The summed E-state index contributed by atoms with van der Waals surface area (Å²) in [6.07, 6.45) is 8.79. The monoisotopic (exact) mass is 362 g/mol. The highest BCUT2D eigenvalue weighted by molar-refractivity contribution is 7.88. The molecule has 0 amide bonds. The van der Waals surface area contributed by atoms with E-state index < -0.39 is 16.0 Å². The van der Waals surface area contributed by atoms with Crippen molar-refractivity contribution < 1.29 is 18.3 Å². The van der Waals surface area contributed by atoms with Crippen LogP contribution in [0.2, 0.25) is 0 Å². The number of carboxylic acids is 1. The first kappa shape index (κ1) is 17.4. The summed E-state index contributed by atoms with van der Waals surface area (Å²) in [5.74, 6) is -1.10. The van der Waals surface area contributed by atoms with Gasteiger partial charge in [-0.05, 0) is 18.9 Å². The molecule has 9 heteroatoms. The Balaban J connectivity index is 1.89. The number of carboxylic acid groups (broad SMARTS) is 1. The summed E-state index contributed by atoms with van der Waals surface area (Å²) in [6.45, 7) is 0.900. The van der Waals surface area contributed by atoms with Crippen molar-refractivity contribution >= 4 is 16.0 Å². The Hall–Kier alpha value is -2.39. The van der Waals surface area contributed by atoms with Crippen LogP contribution in [-0.2, 0) is 10.0 Å². The van der Waals surface area contributed by atoms with Gasteiger partial charge in [0.2, 0.25) is 10.0 Å². The topological polar surface area (TPSA) is 113 Å². The molecular weight excluding hydrogens is 344 g/mol. The molecule has 1 N–H and O–H groups in total. The molecule has 1 fully saturated rings. The predicted octanol–water partition coefficient (Wildman–Crippen LogP) is 1.38. The van der Waals surface area contributed by atoms with Crippen LogP contribution in [0.15, 0.2) is 30.9 Å². The minimum absolute atomic E-state index is 0.0356. The highest BCUT2D eigenvalue weighted by Gasteiger charge is 2.28. The third-order valence-corrected chi connectivity index (χ3v) is 5.48. The molecule has 3 heterocycles. The van der Waals surface area contributed by atoms with E-state index in [-0.39, 0.29) is 11.5 Å². The number of aromatic nitrogens is 3. The average molecular weight is 362 g/mol. The molecule has 1 aliphatic rings. The minimum atomic E-state index is -3.23. The van der Waals surface area contributed by atoms with Gasteiger partial charge in [0, 0.05) is 43.2 Å². The van der Waals surface area contributed by atoms with Crippen molar-refractivity contribution in [1.82, 2.24) is 19.3 Å². The lowest BCUT2D eigenvalue weighted by Gasteiger charge is -2.30.